The number of halogens is 2. The number of hydrogen-bond acceptors (Lipinski definition) is 1. The van der Waals surface area contributed by atoms with Crippen LogP contribution in [0.1, 0.15) is 12.5 Å². The maximum atomic E-state index is 6.01. The highest BCUT2D eigenvalue weighted by molar-refractivity contribution is 9.10. The third kappa shape index (κ3) is 3.82. The fourth-order valence-electron chi connectivity index (χ4n) is 0.972. The van der Waals surface area contributed by atoms with Crippen LogP contribution in [-0.2, 0) is 11.3 Å². The molecule has 1 aromatic carbocycles. The zero-order valence-electron chi connectivity index (χ0n) is 7.97. The van der Waals surface area contributed by atoms with Crippen molar-refractivity contribution in [1.82, 2.24) is 0 Å². The van der Waals surface area contributed by atoms with Gasteiger partial charge in [-0.15, -0.1) is 0 Å². The summed E-state index contributed by atoms with van der Waals surface area (Å²) < 4.78 is 6.38. The second-order valence-corrected chi connectivity index (χ2v) is 4.14. The summed E-state index contributed by atoms with van der Waals surface area (Å²) in [7, 11) is 0. The molecule has 1 aromatic rings. The van der Waals surface area contributed by atoms with Gasteiger partial charge in [-0.2, -0.15) is 0 Å². The number of ether oxygens (including phenoxy) is 1. The molecule has 0 amide bonds. The Morgan fingerprint density at radius 3 is 2.93 bits per heavy atom. The van der Waals surface area contributed by atoms with Crippen molar-refractivity contribution in [1.29, 1.82) is 0 Å². The Labute approximate surface area is 97.9 Å². The van der Waals surface area contributed by atoms with Crippen LogP contribution in [-0.4, -0.2) is 6.61 Å². The van der Waals surface area contributed by atoms with Crippen LogP contribution in [0.25, 0.3) is 0 Å². The van der Waals surface area contributed by atoms with Gasteiger partial charge in [-0.05, 0) is 24.6 Å². The molecule has 0 spiro atoms. The number of hydrogen-bond donors (Lipinski definition) is 0. The first-order chi connectivity index (χ1) is 6.74. The fraction of sp³-hybridized carbons (Fsp3) is 0.273. The fourth-order valence-corrected chi connectivity index (χ4v) is 1.70. The van der Waals surface area contributed by atoms with E-state index in [1.165, 1.54) is 0 Å². The van der Waals surface area contributed by atoms with Gasteiger partial charge >= 0.3 is 0 Å². The monoisotopic (exact) mass is 274 g/mol. The van der Waals surface area contributed by atoms with Gasteiger partial charge in [-0.1, -0.05) is 45.7 Å². The van der Waals surface area contributed by atoms with Gasteiger partial charge in [-0.25, -0.2) is 0 Å². The van der Waals surface area contributed by atoms with Gasteiger partial charge in [0.15, 0.2) is 0 Å². The van der Waals surface area contributed by atoms with Crippen LogP contribution in [0.4, 0.5) is 0 Å². The standard InChI is InChI=1S/C11H12BrClO/c1-2-3-6-14-8-9-4-5-10(12)7-11(9)13/h2-5,7H,6,8H2,1H3/b3-2+. The molecule has 1 rings (SSSR count). The molecule has 0 aliphatic heterocycles. The number of allylic oxidation sites excluding steroid dienone is 1. The molecule has 0 bridgehead atoms. The highest BCUT2D eigenvalue weighted by Crippen LogP contribution is 2.21. The highest BCUT2D eigenvalue weighted by atomic mass is 79.9. The quantitative estimate of drug-likeness (QED) is 0.591. The zero-order valence-corrected chi connectivity index (χ0v) is 10.3. The Hall–Kier alpha value is -0.310. The van der Waals surface area contributed by atoms with Gasteiger partial charge in [0.05, 0.1) is 13.2 Å². The minimum absolute atomic E-state index is 0.552. The van der Waals surface area contributed by atoms with Crippen molar-refractivity contribution in [2.45, 2.75) is 13.5 Å². The summed E-state index contributed by atoms with van der Waals surface area (Å²) in [5.41, 5.74) is 1.01. The average molecular weight is 276 g/mol. The number of benzene rings is 1. The van der Waals surface area contributed by atoms with Crippen LogP contribution in [0.5, 0.6) is 0 Å². The lowest BCUT2D eigenvalue weighted by molar-refractivity contribution is 0.148. The van der Waals surface area contributed by atoms with Crippen molar-refractivity contribution in [3.05, 3.63) is 45.4 Å². The Kier molecular flexibility index (Phi) is 5.23. The smallest absolute Gasteiger partial charge is 0.0735 e. The van der Waals surface area contributed by atoms with E-state index in [0.717, 1.165) is 15.1 Å². The van der Waals surface area contributed by atoms with Crippen LogP contribution in [0, 0.1) is 0 Å². The summed E-state index contributed by atoms with van der Waals surface area (Å²) in [6, 6.07) is 5.79. The molecule has 0 atom stereocenters. The lowest BCUT2D eigenvalue weighted by atomic mass is 10.2. The van der Waals surface area contributed by atoms with Gasteiger partial charge < -0.3 is 4.74 Å². The molecule has 14 heavy (non-hydrogen) atoms. The maximum absolute atomic E-state index is 6.01. The Bertz CT molecular complexity index is 323. The maximum Gasteiger partial charge on any atom is 0.0735 e. The highest BCUT2D eigenvalue weighted by Gasteiger charge is 1.99. The summed E-state index contributed by atoms with van der Waals surface area (Å²) in [6.07, 6.45) is 3.93. The molecule has 0 heterocycles. The molecule has 0 aliphatic rings. The minimum Gasteiger partial charge on any atom is -0.373 e. The predicted molar refractivity (Wildman–Crippen MR) is 63.6 cm³/mol. The summed E-state index contributed by atoms with van der Waals surface area (Å²) in [5, 5.41) is 0.736. The predicted octanol–water partition coefficient (Wildman–Crippen LogP) is 4.20. The second-order valence-electron chi connectivity index (χ2n) is 2.82. The van der Waals surface area contributed by atoms with E-state index in [9.17, 15) is 0 Å². The molecule has 0 N–H and O–H groups in total. The second kappa shape index (κ2) is 6.23. The molecule has 76 valence electrons. The normalized spacial score (nSPS) is 11.1. The van der Waals surface area contributed by atoms with Gasteiger partial charge in [0.1, 0.15) is 0 Å². The van der Waals surface area contributed by atoms with Crippen LogP contribution >= 0.6 is 27.5 Å². The van der Waals surface area contributed by atoms with Crippen molar-refractivity contribution in [2.75, 3.05) is 6.61 Å². The molecule has 0 saturated heterocycles. The summed E-state index contributed by atoms with van der Waals surface area (Å²) in [4.78, 5) is 0. The molecular formula is C11H12BrClO. The molecule has 3 heteroatoms. The molecule has 0 fully saturated rings. The summed E-state index contributed by atoms with van der Waals surface area (Å²) in [6.45, 7) is 3.15. The third-order valence-electron chi connectivity index (χ3n) is 1.72. The third-order valence-corrected chi connectivity index (χ3v) is 2.57. The van der Waals surface area contributed by atoms with Crippen LogP contribution in [0.2, 0.25) is 5.02 Å². The van der Waals surface area contributed by atoms with Gasteiger partial charge in [0.2, 0.25) is 0 Å². The first-order valence-electron chi connectivity index (χ1n) is 4.37. The van der Waals surface area contributed by atoms with Gasteiger partial charge in [0.25, 0.3) is 0 Å². The lowest BCUT2D eigenvalue weighted by Gasteiger charge is -2.04. The molecule has 0 aromatic heterocycles. The van der Waals surface area contributed by atoms with E-state index in [0.29, 0.717) is 13.2 Å². The van der Waals surface area contributed by atoms with E-state index in [-0.39, 0.29) is 0 Å². The molecule has 0 saturated carbocycles. The Morgan fingerprint density at radius 1 is 1.50 bits per heavy atom. The minimum atomic E-state index is 0.552. The van der Waals surface area contributed by atoms with Crippen molar-refractivity contribution in [3.8, 4) is 0 Å². The van der Waals surface area contributed by atoms with Gasteiger partial charge in [0, 0.05) is 9.50 Å². The SMILES string of the molecule is C/C=C/COCc1ccc(Br)cc1Cl. The van der Waals surface area contributed by atoms with E-state index in [2.05, 4.69) is 15.9 Å². The first kappa shape index (κ1) is 11.8. The molecule has 1 nitrogen and oxygen atoms in total. The molecule has 0 unspecified atom stereocenters. The average Bonchev–Trinajstić information content (AvgIpc) is 2.15. The van der Waals surface area contributed by atoms with Crippen molar-refractivity contribution in [3.63, 3.8) is 0 Å². The first-order valence-corrected chi connectivity index (χ1v) is 5.54. The van der Waals surface area contributed by atoms with Crippen LogP contribution in [0.15, 0.2) is 34.8 Å². The molecular weight excluding hydrogens is 263 g/mol. The zero-order chi connectivity index (χ0) is 10.4. The van der Waals surface area contributed by atoms with E-state index in [1.54, 1.807) is 0 Å². The molecule has 0 radical (unpaired) electrons. The Morgan fingerprint density at radius 2 is 2.29 bits per heavy atom. The molecule has 0 aliphatic carbocycles. The van der Waals surface area contributed by atoms with E-state index in [1.807, 2.05) is 37.3 Å². The van der Waals surface area contributed by atoms with E-state index < -0.39 is 0 Å². The lowest BCUT2D eigenvalue weighted by Crippen LogP contribution is -1.93. The van der Waals surface area contributed by atoms with Crippen molar-refractivity contribution in [2.24, 2.45) is 0 Å². The van der Waals surface area contributed by atoms with Crippen LogP contribution in [0.3, 0.4) is 0 Å². The largest absolute Gasteiger partial charge is 0.373 e. The van der Waals surface area contributed by atoms with E-state index in [4.69, 9.17) is 16.3 Å². The van der Waals surface area contributed by atoms with Crippen LogP contribution < -0.4 is 0 Å². The number of rotatable bonds is 4. The summed E-state index contributed by atoms with van der Waals surface area (Å²) >= 11 is 9.37. The van der Waals surface area contributed by atoms with Gasteiger partial charge in [-0.3, -0.25) is 0 Å². The van der Waals surface area contributed by atoms with E-state index >= 15 is 0 Å². The topological polar surface area (TPSA) is 9.23 Å². The van der Waals surface area contributed by atoms with Crippen molar-refractivity contribution >= 4 is 27.5 Å². The summed E-state index contributed by atoms with van der Waals surface area (Å²) in [5.74, 6) is 0. The Balaban J connectivity index is 2.50. The van der Waals surface area contributed by atoms with Crippen molar-refractivity contribution < 1.29 is 4.74 Å².